The summed E-state index contributed by atoms with van der Waals surface area (Å²) in [6, 6.07) is 8.34. The zero-order valence-electron chi connectivity index (χ0n) is 17.1. The second kappa shape index (κ2) is 10.1. The predicted molar refractivity (Wildman–Crippen MR) is 111 cm³/mol. The van der Waals surface area contributed by atoms with Gasteiger partial charge in [-0.2, -0.15) is 0 Å². The van der Waals surface area contributed by atoms with Gasteiger partial charge < -0.3 is 25.6 Å². The largest absolute Gasteiger partial charge is 0.450 e. The molecule has 2 aliphatic heterocycles. The van der Waals surface area contributed by atoms with Crippen LogP contribution in [0.25, 0.3) is 0 Å². The average molecular weight is 402 g/mol. The van der Waals surface area contributed by atoms with Gasteiger partial charge >= 0.3 is 6.09 Å². The van der Waals surface area contributed by atoms with Gasteiger partial charge in [-0.05, 0) is 37.3 Å². The number of nitrogens with zero attached hydrogens (tertiary/aromatic N) is 3. The molecule has 3 N–H and O–H groups in total. The van der Waals surface area contributed by atoms with Crippen LogP contribution in [0, 0.1) is 0 Å². The summed E-state index contributed by atoms with van der Waals surface area (Å²) in [5.41, 5.74) is 8.25. The summed E-state index contributed by atoms with van der Waals surface area (Å²) < 4.78 is 5.04. The molecule has 0 unspecified atom stereocenters. The Balaban J connectivity index is 1.46. The van der Waals surface area contributed by atoms with Crippen LogP contribution >= 0.6 is 0 Å². The van der Waals surface area contributed by atoms with Gasteiger partial charge in [-0.1, -0.05) is 24.3 Å². The number of amides is 2. The summed E-state index contributed by atoms with van der Waals surface area (Å²) in [6.45, 7) is 5.50. The van der Waals surface area contributed by atoms with Crippen LogP contribution in [0.2, 0.25) is 0 Å². The highest BCUT2D eigenvalue weighted by Gasteiger charge is 2.23. The van der Waals surface area contributed by atoms with Gasteiger partial charge in [0.05, 0.1) is 13.2 Å². The first-order valence-corrected chi connectivity index (χ1v) is 10.4. The van der Waals surface area contributed by atoms with Crippen LogP contribution in [-0.2, 0) is 22.6 Å². The fourth-order valence-corrected chi connectivity index (χ4v) is 3.77. The van der Waals surface area contributed by atoms with Gasteiger partial charge in [0.1, 0.15) is 0 Å². The fourth-order valence-electron chi connectivity index (χ4n) is 3.77. The third-order valence-electron chi connectivity index (χ3n) is 5.34. The Hall–Kier alpha value is -2.77. The minimum absolute atomic E-state index is 0.205. The number of piperidine rings is 1. The fraction of sp³-hybridized carbons (Fsp3) is 0.571. The number of ether oxygens (including phenoxy) is 1. The van der Waals surface area contributed by atoms with E-state index in [1.807, 2.05) is 30.0 Å². The molecule has 1 aromatic carbocycles. The van der Waals surface area contributed by atoms with Gasteiger partial charge in [0, 0.05) is 38.6 Å². The van der Waals surface area contributed by atoms with E-state index in [-0.39, 0.29) is 18.0 Å². The minimum Gasteiger partial charge on any atom is -0.450 e. The van der Waals surface area contributed by atoms with E-state index < -0.39 is 0 Å². The molecule has 2 saturated heterocycles. The number of guanidine groups is 1. The van der Waals surface area contributed by atoms with E-state index >= 15 is 0 Å². The molecule has 2 heterocycles. The average Bonchev–Trinajstić information content (AvgIpc) is 3.12. The van der Waals surface area contributed by atoms with Gasteiger partial charge in [-0.3, -0.25) is 4.79 Å². The summed E-state index contributed by atoms with van der Waals surface area (Å²) in [4.78, 5) is 31.7. The van der Waals surface area contributed by atoms with Crippen LogP contribution in [0.1, 0.15) is 43.7 Å². The molecule has 3 rings (SSSR count). The van der Waals surface area contributed by atoms with E-state index in [9.17, 15) is 9.59 Å². The lowest BCUT2D eigenvalue weighted by Crippen LogP contribution is -2.48. The standard InChI is InChI=1S/C21H31N5O3/c1-2-29-21(28)25-11-8-18(9-12-25)24-20(22)23-14-16-5-3-6-17(13-16)15-26-10-4-7-19(26)27/h3,5-6,13,18H,2,4,7-12,14-15H2,1H3,(H3,22,23,24). The normalized spacial score (nSPS) is 18.2. The molecular formula is C21H31N5O3. The Morgan fingerprint density at radius 2 is 2.03 bits per heavy atom. The Bertz CT molecular complexity index is 744. The van der Waals surface area contributed by atoms with Gasteiger partial charge in [0.15, 0.2) is 5.96 Å². The summed E-state index contributed by atoms with van der Waals surface area (Å²) >= 11 is 0. The van der Waals surface area contributed by atoms with Crippen molar-refractivity contribution in [2.75, 3.05) is 26.2 Å². The molecule has 2 fully saturated rings. The summed E-state index contributed by atoms with van der Waals surface area (Å²) in [7, 11) is 0. The highest BCUT2D eigenvalue weighted by atomic mass is 16.6. The molecule has 1 aromatic rings. The Morgan fingerprint density at radius 1 is 1.28 bits per heavy atom. The Morgan fingerprint density at radius 3 is 2.72 bits per heavy atom. The molecule has 29 heavy (non-hydrogen) atoms. The lowest BCUT2D eigenvalue weighted by molar-refractivity contribution is -0.128. The quantitative estimate of drug-likeness (QED) is 0.560. The minimum atomic E-state index is -0.247. The number of hydrogen-bond donors (Lipinski definition) is 2. The van der Waals surface area contributed by atoms with Crippen molar-refractivity contribution in [2.24, 2.45) is 10.7 Å². The molecule has 0 aliphatic carbocycles. The number of carbonyl (C=O) groups excluding carboxylic acids is 2. The smallest absolute Gasteiger partial charge is 0.409 e. The Labute approximate surface area is 172 Å². The molecule has 0 atom stereocenters. The first kappa shape index (κ1) is 21.0. The number of carbonyl (C=O) groups is 2. The molecular weight excluding hydrogens is 370 g/mol. The molecule has 0 spiro atoms. The van der Waals surface area contributed by atoms with Crippen molar-refractivity contribution in [3.05, 3.63) is 35.4 Å². The van der Waals surface area contributed by atoms with Crippen LogP contribution in [0.5, 0.6) is 0 Å². The van der Waals surface area contributed by atoms with Crippen LogP contribution < -0.4 is 11.1 Å². The van der Waals surface area contributed by atoms with E-state index in [0.717, 1.165) is 36.9 Å². The predicted octanol–water partition coefficient (Wildman–Crippen LogP) is 1.83. The molecule has 0 saturated carbocycles. The number of rotatable bonds is 6. The van der Waals surface area contributed by atoms with Crippen molar-refractivity contribution in [3.8, 4) is 0 Å². The van der Waals surface area contributed by atoms with Crippen molar-refractivity contribution >= 4 is 18.0 Å². The maximum absolute atomic E-state index is 11.8. The van der Waals surface area contributed by atoms with Crippen molar-refractivity contribution in [2.45, 2.75) is 51.7 Å². The summed E-state index contributed by atoms with van der Waals surface area (Å²) in [5.74, 6) is 0.649. The van der Waals surface area contributed by atoms with Crippen molar-refractivity contribution < 1.29 is 14.3 Å². The van der Waals surface area contributed by atoms with Gasteiger partial charge in [0.2, 0.25) is 5.91 Å². The van der Waals surface area contributed by atoms with E-state index in [4.69, 9.17) is 10.5 Å². The highest BCUT2D eigenvalue weighted by molar-refractivity contribution is 5.78. The lowest BCUT2D eigenvalue weighted by atomic mass is 10.1. The van der Waals surface area contributed by atoms with Gasteiger partial charge in [0.25, 0.3) is 0 Å². The number of aliphatic imine (C=N–C) groups is 1. The first-order valence-electron chi connectivity index (χ1n) is 10.4. The summed E-state index contributed by atoms with van der Waals surface area (Å²) in [6.07, 6.45) is 2.99. The lowest BCUT2D eigenvalue weighted by Gasteiger charge is -2.31. The molecule has 0 bridgehead atoms. The van der Waals surface area contributed by atoms with E-state index in [2.05, 4.69) is 16.4 Å². The molecule has 2 amide bonds. The Kier molecular flexibility index (Phi) is 7.32. The molecule has 8 nitrogen and oxygen atoms in total. The third-order valence-corrected chi connectivity index (χ3v) is 5.34. The van der Waals surface area contributed by atoms with Crippen molar-refractivity contribution in [1.82, 2.24) is 15.1 Å². The second-order valence-corrected chi connectivity index (χ2v) is 7.54. The van der Waals surface area contributed by atoms with E-state index in [1.54, 1.807) is 4.90 Å². The SMILES string of the molecule is CCOC(=O)N1CCC(NC(N)=NCc2cccc(CN3CCCC3=O)c2)CC1. The highest BCUT2D eigenvalue weighted by Crippen LogP contribution is 2.16. The molecule has 0 radical (unpaired) electrons. The topological polar surface area (TPSA) is 100 Å². The zero-order valence-corrected chi connectivity index (χ0v) is 17.1. The van der Waals surface area contributed by atoms with Crippen molar-refractivity contribution in [1.29, 1.82) is 0 Å². The first-order chi connectivity index (χ1) is 14.0. The van der Waals surface area contributed by atoms with E-state index in [0.29, 0.717) is 45.2 Å². The van der Waals surface area contributed by atoms with E-state index in [1.165, 1.54) is 0 Å². The molecule has 2 aliphatic rings. The monoisotopic (exact) mass is 401 g/mol. The van der Waals surface area contributed by atoms with Gasteiger partial charge in [-0.15, -0.1) is 0 Å². The van der Waals surface area contributed by atoms with Gasteiger partial charge in [-0.25, -0.2) is 9.79 Å². The van der Waals surface area contributed by atoms with Crippen LogP contribution in [0.4, 0.5) is 4.79 Å². The summed E-state index contributed by atoms with van der Waals surface area (Å²) in [5, 5.41) is 3.26. The van der Waals surface area contributed by atoms with Crippen LogP contribution in [0.15, 0.2) is 29.3 Å². The molecule has 158 valence electrons. The van der Waals surface area contributed by atoms with Crippen LogP contribution in [-0.4, -0.2) is 60.0 Å². The molecule has 0 aromatic heterocycles. The zero-order chi connectivity index (χ0) is 20.6. The maximum atomic E-state index is 11.8. The van der Waals surface area contributed by atoms with Crippen molar-refractivity contribution in [3.63, 3.8) is 0 Å². The maximum Gasteiger partial charge on any atom is 0.409 e. The number of benzene rings is 1. The third kappa shape index (κ3) is 6.10. The molecule has 8 heteroatoms. The van der Waals surface area contributed by atoms with Crippen LogP contribution in [0.3, 0.4) is 0 Å². The second-order valence-electron chi connectivity index (χ2n) is 7.54. The number of nitrogens with two attached hydrogens (primary N) is 1. The number of nitrogens with one attached hydrogen (secondary N) is 1. The number of likely N-dealkylation sites (tertiary alicyclic amines) is 2. The number of hydrogen-bond acceptors (Lipinski definition) is 4.